The predicted molar refractivity (Wildman–Crippen MR) is 117 cm³/mol. The van der Waals surface area contributed by atoms with Crippen LogP contribution in [0.25, 0.3) is 6.08 Å². The molecule has 1 aromatic rings. The van der Waals surface area contributed by atoms with Gasteiger partial charge in [0.05, 0.1) is 6.42 Å². The van der Waals surface area contributed by atoms with Gasteiger partial charge in [-0.25, -0.2) is 4.79 Å². The number of ether oxygens (including phenoxy) is 2. The standard InChI is InChI=1S/C25H27NO4/c1-4-11-20(12-5-2)18-29-24(28)25(16-10-15-19-13-8-7-9-14-19)21(6-3)30-23-17-22(27)26(23)25/h4-15,23H,1,16-18H2,2-3H3/b12-5-,15-10+,20-11+,21-6-/t23-,25?/m1/s1. The van der Waals surface area contributed by atoms with Crippen LogP contribution in [0, 0.1) is 0 Å². The lowest BCUT2D eigenvalue weighted by molar-refractivity contribution is -0.172. The van der Waals surface area contributed by atoms with E-state index >= 15 is 0 Å². The second-order valence-corrected chi connectivity index (χ2v) is 7.12. The monoisotopic (exact) mass is 405 g/mol. The minimum atomic E-state index is -1.28. The maximum atomic E-state index is 13.4. The van der Waals surface area contributed by atoms with Crippen LogP contribution in [0.3, 0.4) is 0 Å². The van der Waals surface area contributed by atoms with Crippen molar-refractivity contribution in [1.82, 2.24) is 4.90 Å². The molecule has 2 heterocycles. The van der Waals surface area contributed by atoms with E-state index in [1.807, 2.05) is 61.6 Å². The summed E-state index contributed by atoms with van der Waals surface area (Å²) >= 11 is 0. The topological polar surface area (TPSA) is 55.8 Å². The molecule has 0 saturated carbocycles. The third kappa shape index (κ3) is 4.01. The number of rotatable bonds is 8. The maximum Gasteiger partial charge on any atom is 0.340 e. The first-order chi connectivity index (χ1) is 14.6. The molecule has 30 heavy (non-hydrogen) atoms. The molecule has 1 aromatic carbocycles. The van der Waals surface area contributed by atoms with Gasteiger partial charge in [-0.1, -0.05) is 73.4 Å². The lowest BCUT2D eigenvalue weighted by Gasteiger charge is -2.41. The lowest BCUT2D eigenvalue weighted by atomic mass is 9.88. The zero-order chi connectivity index (χ0) is 21.6. The zero-order valence-electron chi connectivity index (χ0n) is 17.4. The molecule has 5 nitrogen and oxygen atoms in total. The van der Waals surface area contributed by atoms with Gasteiger partial charge in [0.15, 0.2) is 6.23 Å². The van der Waals surface area contributed by atoms with Crippen molar-refractivity contribution in [3.63, 3.8) is 0 Å². The Labute approximate surface area is 177 Å². The summed E-state index contributed by atoms with van der Waals surface area (Å²) in [6.07, 6.45) is 12.9. The number of nitrogens with zero attached hydrogens (tertiary/aromatic N) is 1. The van der Waals surface area contributed by atoms with Crippen LogP contribution in [-0.2, 0) is 19.1 Å². The summed E-state index contributed by atoms with van der Waals surface area (Å²) in [4.78, 5) is 27.3. The van der Waals surface area contributed by atoms with Gasteiger partial charge >= 0.3 is 5.97 Å². The molecular weight excluding hydrogens is 378 g/mol. The molecule has 2 aliphatic rings. The van der Waals surface area contributed by atoms with E-state index in [9.17, 15) is 9.59 Å². The normalized spacial score (nSPS) is 24.8. The van der Waals surface area contributed by atoms with Crippen LogP contribution in [-0.4, -0.2) is 35.2 Å². The molecule has 0 spiro atoms. The van der Waals surface area contributed by atoms with Crippen molar-refractivity contribution in [2.45, 2.75) is 38.5 Å². The van der Waals surface area contributed by atoms with Gasteiger partial charge in [-0.15, -0.1) is 0 Å². The number of hydrogen-bond donors (Lipinski definition) is 0. The summed E-state index contributed by atoms with van der Waals surface area (Å²) in [6.45, 7) is 7.47. The Hall–Kier alpha value is -3.34. The molecule has 2 atom stereocenters. The highest BCUT2D eigenvalue weighted by molar-refractivity contribution is 5.95. The van der Waals surface area contributed by atoms with Crippen LogP contribution >= 0.6 is 0 Å². The predicted octanol–water partition coefficient (Wildman–Crippen LogP) is 4.55. The SMILES string of the molecule is C=C/C=C(\C=C/C)COC(=O)C1(C/C=C/c2ccccc2)/C(=C/C)O[C@@H]2CC(=O)N21. The van der Waals surface area contributed by atoms with Crippen LogP contribution in [0.4, 0.5) is 0 Å². The summed E-state index contributed by atoms with van der Waals surface area (Å²) in [7, 11) is 0. The van der Waals surface area contributed by atoms with E-state index in [-0.39, 0.29) is 25.4 Å². The number of benzene rings is 1. The number of amides is 1. The van der Waals surface area contributed by atoms with Gasteiger partial charge in [-0.05, 0) is 31.1 Å². The van der Waals surface area contributed by atoms with Crippen molar-refractivity contribution in [3.05, 3.63) is 90.3 Å². The molecule has 0 aromatic heterocycles. The first-order valence-electron chi connectivity index (χ1n) is 10.1. The van der Waals surface area contributed by atoms with Crippen LogP contribution in [0.1, 0.15) is 32.3 Å². The fourth-order valence-corrected chi connectivity index (χ4v) is 3.81. The summed E-state index contributed by atoms with van der Waals surface area (Å²) in [6, 6.07) is 9.79. The summed E-state index contributed by atoms with van der Waals surface area (Å²) in [5.74, 6) is -0.151. The number of esters is 1. The zero-order valence-corrected chi connectivity index (χ0v) is 17.4. The van der Waals surface area contributed by atoms with E-state index in [0.29, 0.717) is 5.76 Å². The van der Waals surface area contributed by atoms with Gasteiger partial charge in [0, 0.05) is 6.42 Å². The summed E-state index contributed by atoms with van der Waals surface area (Å²) in [5, 5.41) is 0. The molecule has 3 rings (SSSR count). The molecule has 2 aliphatic heterocycles. The first-order valence-corrected chi connectivity index (χ1v) is 10.1. The highest BCUT2D eigenvalue weighted by Gasteiger charge is 2.64. The molecule has 1 unspecified atom stereocenters. The highest BCUT2D eigenvalue weighted by atomic mass is 16.6. The molecule has 0 aliphatic carbocycles. The minimum absolute atomic E-state index is 0.0863. The van der Waals surface area contributed by atoms with Crippen LogP contribution in [0.2, 0.25) is 0 Å². The Bertz CT molecular complexity index is 926. The van der Waals surface area contributed by atoms with Crippen molar-refractivity contribution < 1.29 is 19.1 Å². The number of carbonyl (C=O) groups excluding carboxylic acids is 2. The van der Waals surface area contributed by atoms with E-state index < -0.39 is 17.7 Å². The highest BCUT2D eigenvalue weighted by Crippen LogP contribution is 2.47. The van der Waals surface area contributed by atoms with E-state index in [1.54, 1.807) is 25.2 Å². The Balaban J connectivity index is 1.88. The molecule has 1 amide bonds. The smallest absolute Gasteiger partial charge is 0.340 e. The molecule has 2 fully saturated rings. The van der Waals surface area contributed by atoms with E-state index in [0.717, 1.165) is 11.1 Å². The molecule has 5 heteroatoms. The molecular formula is C25H27NO4. The fourth-order valence-electron chi connectivity index (χ4n) is 3.81. The quantitative estimate of drug-likeness (QED) is 0.362. The minimum Gasteiger partial charge on any atom is -0.471 e. The van der Waals surface area contributed by atoms with Crippen LogP contribution in [0.15, 0.2) is 84.7 Å². The second-order valence-electron chi connectivity index (χ2n) is 7.12. The maximum absolute atomic E-state index is 13.4. The molecule has 156 valence electrons. The van der Waals surface area contributed by atoms with Gasteiger partial charge in [0.2, 0.25) is 11.4 Å². The summed E-state index contributed by atoms with van der Waals surface area (Å²) in [5.41, 5.74) is 0.538. The van der Waals surface area contributed by atoms with Gasteiger partial charge in [0.1, 0.15) is 12.4 Å². The van der Waals surface area contributed by atoms with E-state index in [1.165, 1.54) is 4.90 Å². The van der Waals surface area contributed by atoms with Crippen molar-refractivity contribution in [3.8, 4) is 0 Å². The van der Waals surface area contributed by atoms with E-state index in [4.69, 9.17) is 9.47 Å². The number of allylic oxidation sites excluding steroid dienone is 4. The van der Waals surface area contributed by atoms with Gasteiger partial charge < -0.3 is 9.47 Å². The fraction of sp³-hybridized carbons (Fsp3) is 0.280. The van der Waals surface area contributed by atoms with E-state index in [2.05, 4.69) is 6.58 Å². The molecule has 0 bridgehead atoms. The van der Waals surface area contributed by atoms with Crippen molar-refractivity contribution in [1.29, 1.82) is 0 Å². The number of hydrogen-bond acceptors (Lipinski definition) is 4. The average Bonchev–Trinajstić information content (AvgIpc) is 3.01. The Kier molecular flexibility index (Phi) is 6.72. The lowest BCUT2D eigenvalue weighted by Crippen LogP contribution is -2.63. The molecule has 0 radical (unpaired) electrons. The van der Waals surface area contributed by atoms with Crippen LogP contribution < -0.4 is 0 Å². The number of β-lactam (4-membered cyclic amide) rings is 1. The van der Waals surface area contributed by atoms with Gasteiger partial charge in [0.25, 0.3) is 0 Å². The first kappa shape index (κ1) is 21.4. The average molecular weight is 405 g/mol. The largest absolute Gasteiger partial charge is 0.471 e. The van der Waals surface area contributed by atoms with Crippen molar-refractivity contribution in [2.75, 3.05) is 6.61 Å². The number of carbonyl (C=O) groups is 2. The Morgan fingerprint density at radius 3 is 2.73 bits per heavy atom. The second kappa shape index (κ2) is 9.44. The molecule has 0 N–H and O–H groups in total. The Morgan fingerprint density at radius 1 is 1.33 bits per heavy atom. The Morgan fingerprint density at radius 2 is 2.10 bits per heavy atom. The van der Waals surface area contributed by atoms with Crippen molar-refractivity contribution >= 4 is 18.0 Å². The molecule has 2 saturated heterocycles. The summed E-state index contributed by atoms with van der Waals surface area (Å²) < 4.78 is 11.6. The van der Waals surface area contributed by atoms with Crippen molar-refractivity contribution in [2.24, 2.45) is 0 Å². The van der Waals surface area contributed by atoms with Crippen LogP contribution in [0.5, 0.6) is 0 Å². The third-order valence-corrected chi connectivity index (χ3v) is 5.19. The third-order valence-electron chi connectivity index (χ3n) is 5.19. The van der Waals surface area contributed by atoms with Gasteiger partial charge in [-0.3, -0.25) is 9.69 Å². The number of fused-ring (bicyclic) bond motifs is 1. The van der Waals surface area contributed by atoms with Gasteiger partial charge in [-0.2, -0.15) is 0 Å².